The number of nitrogens with one attached hydrogen (secondary N) is 2. The lowest BCUT2D eigenvalue weighted by Crippen LogP contribution is -1.96. The molecule has 4 nitrogen and oxygen atoms in total. The molecule has 3 rings (SSSR count). The van der Waals surface area contributed by atoms with Crippen molar-refractivity contribution in [2.45, 2.75) is 12.8 Å². The van der Waals surface area contributed by atoms with Crippen LogP contribution in [0, 0.1) is 18.3 Å². The van der Waals surface area contributed by atoms with Crippen LogP contribution in [-0.2, 0) is 0 Å². The zero-order valence-corrected chi connectivity index (χ0v) is 9.94. The van der Waals surface area contributed by atoms with E-state index in [-0.39, 0.29) is 5.92 Å². The highest BCUT2D eigenvalue weighted by molar-refractivity contribution is 5.76. The summed E-state index contributed by atoms with van der Waals surface area (Å²) in [5, 5.41) is 9.34. The molecule has 0 amide bonds. The molecule has 4 heteroatoms. The fourth-order valence-electron chi connectivity index (χ4n) is 2.19. The number of hydrogen-bond donors (Lipinski definition) is 2. The topological polar surface area (TPSA) is 68.3 Å². The maximum atomic E-state index is 9.34. The van der Waals surface area contributed by atoms with Crippen LogP contribution in [0.5, 0.6) is 0 Å². The minimum absolute atomic E-state index is 0.246. The first-order chi connectivity index (χ1) is 8.78. The molecule has 18 heavy (non-hydrogen) atoms. The highest BCUT2D eigenvalue weighted by Gasteiger charge is 2.14. The molecular formula is C14H12N4. The normalized spacial score (nSPS) is 12.4. The minimum atomic E-state index is -0.246. The van der Waals surface area contributed by atoms with E-state index in [1.54, 1.807) is 0 Å². The van der Waals surface area contributed by atoms with Crippen LogP contribution in [-0.4, -0.2) is 15.0 Å². The molecule has 1 atom stereocenters. The molecule has 0 radical (unpaired) electrons. The molecule has 2 aromatic heterocycles. The molecule has 3 aromatic rings. The number of aromatic amines is 2. The zero-order valence-electron chi connectivity index (χ0n) is 9.94. The van der Waals surface area contributed by atoms with Gasteiger partial charge in [0.25, 0.3) is 0 Å². The summed E-state index contributed by atoms with van der Waals surface area (Å²) in [6.07, 6.45) is 3.69. The van der Waals surface area contributed by atoms with Gasteiger partial charge in [0.15, 0.2) is 0 Å². The number of fused-ring (bicyclic) bond motifs is 1. The molecule has 2 heterocycles. The Hall–Kier alpha value is -2.54. The van der Waals surface area contributed by atoms with Crippen molar-refractivity contribution in [3.8, 4) is 6.07 Å². The highest BCUT2D eigenvalue weighted by atomic mass is 14.9. The van der Waals surface area contributed by atoms with Gasteiger partial charge >= 0.3 is 0 Å². The summed E-state index contributed by atoms with van der Waals surface area (Å²) < 4.78 is 0. The molecule has 0 bridgehead atoms. The lowest BCUT2D eigenvalue weighted by molar-refractivity contribution is 1.04. The number of aryl methyl sites for hydroxylation is 1. The van der Waals surface area contributed by atoms with Gasteiger partial charge in [-0.25, -0.2) is 4.98 Å². The van der Waals surface area contributed by atoms with Crippen LogP contribution in [0.4, 0.5) is 0 Å². The van der Waals surface area contributed by atoms with E-state index in [0.29, 0.717) is 0 Å². The van der Waals surface area contributed by atoms with Crippen molar-refractivity contribution in [2.24, 2.45) is 0 Å². The Kier molecular flexibility index (Phi) is 2.38. The Balaban J connectivity index is 2.10. The van der Waals surface area contributed by atoms with Crippen LogP contribution >= 0.6 is 0 Å². The molecule has 1 aromatic carbocycles. The SMILES string of the molecule is Cc1nc2ccc(C(C#N)c3cc[nH]c3)cc2[nH]1. The predicted octanol–water partition coefficient (Wildman–Crippen LogP) is 2.85. The number of rotatable bonds is 2. The van der Waals surface area contributed by atoms with Crippen molar-refractivity contribution in [1.82, 2.24) is 15.0 Å². The lowest BCUT2D eigenvalue weighted by Gasteiger charge is -2.07. The van der Waals surface area contributed by atoms with Crippen molar-refractivity contribution < 1.29 is 0 Å². The van der Waals surface area contributed by atoms with Gasteiger partial charge in [0.05, 0.1) is 23.0 Å². The van der Waals surface area contributed by atoms with Crippen LogP contribution in [0.25, 0.3) is 11.0 Å². The predicted molar refractivity (Wildman–Crippen MR) is 69.1 cm³/mol. The Morgan fingerprint density at radius 2 is 2.17 bits per heavy atom. The summed E-state index contributed by atoms with van der Waals surface area (Å²) >= 11 is 0. The Bertz CT molecular complexity index is 716. The van der Waals surface area contributed by atoms with Crippen molar-refractivity contribution in [3.63, 3.8) is 0 Å². The van der Waals surface area contributed by atoms with Gasteiger partial charge in [0, 0.05) is 12.4 Å². The van der Waals surface area contributed by atoms with E-state index in [4.69, 9.17) is 0 Å². The highest BCUT2D eigenvalue weighted by Crippen LogP contribution is 2.26. The first-order valence-electron chi connectivity index (χ1n) is 5.76. The summed E-state index contributed by atoms with van der Waals surface area (Å²) in [6.45, 7) is 1.92. The average molecular weight is 236 g/mol. The standard InChI is InChI=1S/C14H12N4/c1-9-17-13-3-2-10(6-14(13)18-9)12(7-15)11-4-5-16-8-11/h2-6,8,12,16H,1H3,(H,17,18). The van der Waals surface area contributed by atoms with Gasteiger partial charge in [-0.05, 0) is 36.2 Å². The van der Waals surface area contributed by atoms with Crippen LogP contribution in [0.1, 0.15) is 22.9 Å². The van der Waals surface area contributed by atoms with Crippen LogP contribution < -0.4 is 0 Å². The number of benzene rings is 1. The third-order valence-electron chi connectivity index (χ3n) is 3.04. The smallest absolute Gasteiger partial charge is 0.104 e. The number of nitrogens with zero attached hydrogens (tertiary/aromatic N) is 2. The fourth-order valence-corrected chi connectivity index (χ4v) is 2.19. The van der Waals surface area contributed by atoms with Crippen LogP contribution in [0.3, 0.4) is 0 Å². The number of H-pyrrole nitrogens is 2. The molecule has 2 N–H and O–H groups in total. The van der Waals surface area contributed by atoms with E-state index in [0.717, 1.165) is 28.0 Å². The van der Waals surface area contributed by atoms with Crippen molar-refractivity contribution >= 4 is 11.0 Å². The quantitative estimate of drug-likeness (QED) is 0.718. The number of imidazole rings is 1. The molecule has 0 spiro atoms. The van der Waals surface area contributed by atoms with Crippen molar-refractivity contribution in [1.29, 1.82) is 5.26 Å². The second-order valence-corrected chi connectivity index (χ2v) is 4.31. The molecule has 0 aliphatic heterocycles. The van der Waals surface area contributed by atoms with E-state index in [1.165, 1.54) is 0 Å². The van der Waals surface area contributed by atoms with Crippen LogP contribution in [0.15, 0.2) is 36.7 Å². The largest absolute Gasteiger partial charge is 0.367 e. The summed E-state index contributed by atoms with van der Waals surface area (Å²) in [5.74, 6) is 0.640. The zero-order chi connectivity index (χ0) is 12.5. The average Bonchev–Trinajstić information content (AvgIpc) is 2.97. The molecule has 0 aliphatic rings. The number of hydrogen-bond acceptors (Lipinski definition) is 2. The van der Waals surface area contributed by atoms with Gasteiger partial charge in [0.1, 0.15) is 5.82 Å². The first kappa shape index (κ1) is 10.6. The Morgan fingerprint density at radius 3 is 2.89 bits per heavy atom. The van der Waals surface area contributed by atoms with E-state index < -0.39 is 0 Å². The van der Waals surface area contributed by atoms with Gasteiger partial charge in [0.2, 0.25) is 0 Å². The van der Waals surface area contributed by atoms with Gasteiger partial charge in [-0.2, -0.15) is 5.26 Å². The summed E-state index contributed by atoms with van der Waals surface area (Å²) in [6, 6.07) is 10.2. The molecule has 0 fully saturated rings. The summed E-state index contributed by atoms with van der Waals surface area (Å²) in [7, 11) is 0. The van der Waals surface area contributed by atoms with Crippen molar-refractivity contribution in [2.75, 3.05) is 0 Å². The van der Waals surface area contributed by atoms with Gasteiger partial charge in [-0.15, -0.1) is 0 Å². The Morgan fingerprint density at radius 1 is 1.28 bits per heavy atom. The monoisotopic (exact) mass is 236 g/mol. The molecule has 0 aliphatic carbocycles. The third kappa shape index (κ3) is 1.66. The minimum Gasteiger partial charge on any atom is -0.367 e. The maximum absolute atomic E-state index is 9.34. The van der Waals surface area contributed by atoms with Crippen molar-refractivity contribution in [3.05, 3.63) is 53.6 Å². The third-order valence-corrected chi connectivity index (χ3v) is 3.04. The van der Waals surface area contributed by atoms with E-state index >= 15 is 0 Å². The Labute approximate surface area is 104 Å². The molecule has 1 unspecified atom stereocenters. The molecule has 0 saturated heterocycles. The van der Waals surface area contributed by atoms with Crippen LogP contribution in [0.2, 0.25) is 0 Å². The van der Waals surface area contributed by atoms with Gasteiger partial charge in [-0.1, -0.05) is 6.07 Å². The lowest BCUT2D eigenvalue weighted by atomic mass is 9.94. The van der Waals surface area contributed by atoms with Gasteiger partial charge < -0.3 is 9.97 Å². The fraction of sp³-hybridized carbons (Fsp3) is 0.143. The molecular weight excluding hydrogens is 224 g/mol. The number of nitriles is 1. The first-order valence-corrected chi connectivity index (χ1v) is 5.76. The summed E-state index contributed by atoms with van der Waals surface area (Å²) in [4.78, 5) is 10.5. The van der Waals surface area contributed by atoms with E-state index in [2.05, 4.69) is 21.0 Å². The maximum Gasteiger partial charge on any atom is 0.104 e. The second-order valence-electron chi connectivity index (χ2n) is 4.31. The second kappa shape index (κ2) is 4.04. The molecule has 0 saturated carbocycles. The van der Waals surface area contributed by atoms with E-state index in [9.17, 15) is 5.26 Å². The summed E-state index contributed by atoms with van der Waals surface area (Å²) in [5.41, 5.74) is 3.86. The van der Waals surface area contributed by atoms with E-state index in [1.807, 2.05) is 43.6 Å². The molecule has 88 valence electrons. The number of aromatic nitrogens is 3. The van der Waals surface area contributed by atoms with Gasteiger partial charge in [-0.3, -0.25) is 0 Å².